The van der Waals surface area contributed by atoms with Crippen molar-refractivity contribution < 1.29 is 9.47 Å². The molecule has 1 aliphatic rings. The van der Waals surface area contributed by atoms with Gasteiger partial charge in [0.25, 0.3) is 0 Å². The largest absolute Gasteiger partial charge is 0.493 e. The van der Waals surface area contributed by atoms with Crippen LogP contribution in [0, 0.1) is 0 Å². The van der Waals surface area contributed by atoms with E-state index < -0.39 is 0 Å². The van der Waals surface area contributed by atoms with Gasteiger partial charge in [-0.3, -0.25) is 0 Å². The highest BCUT2D eigenvalue weighted by atomic mass is 16.5. The lowest BCUT2D eigenvalue weighted by molar-refractivity contribution is 0.354. The van der Waals surface area contributed by atoms with Crippen LogP contribution in [0.3, 0.4) is 0 Å². The Hall–Kier alpha value is -1.42. The minimum absolute atomic E-state index is 0.542. The van der Waals surface area contributed by atoms with Gasteiger partial charge in [-0.05, 0) is 31.5 Å². The fourth-order valence-corrected chi connectivity index (χ4v) is 2.63. The second kappa shape index (κ2) is 5.48. The second-order valence-electron chi connectivity index (χ2n) is 4.70. The molecule has 1 aromatic carbocycles. The quantitative estimate of drug-likeness (QED) is 0.881. The molecular weight excluding hydrogens is 228 g/mol. The summed E-state index contributed by atoms with van der Waals surface area (Å²) < 4.78 is 10.7. The van der Waals surface area contributed by atoms with Crippen molar-refractivity contribution in [2.75, 3.05) is 39.8 Å². The van der Waals surface area contributed by atoms with Crippen molar-refractivity contribution in [3.8, 4) is 11.5 Å². The number of rotatable bonds is 4. The highest BCUT2D eigenvalue weighted by Gasteiger charge is 2.24. The zero-order chi connectivity index (χ0) is 13.1. The predicted molar refractivity (Wildman–Crippen MR) is 74.0 cm³/mol. The molecule has 0 bridgehead atoms. The minimum Gasteiger partial charge on any atom is -0.493 e. The van der Waals surface area contributed by atoms with Crippen LogP contribution in [0.4, 0.5) is 5.69 Å². The van der Waals surface area contributed by atoms with E-state index in [2.05, 4.69) is 29.4 Å². The van der Waals surface area contributed by atoms with E-state index in [9.17, 15) is 0 Å². The Balaban J connectivity index is 2.35. The van der Waals surface area contributed by atoms with Crippen molar-refractivity contribution in [1.82, 2.24) is 5.32 Å². The van der Waals surface area contributed by atoms with Gasteiger partial charge in [-0.15, -0.1) is 0 Å². The number of aryl methyl sites for hydroxylation is 1. The number of hydrogen-bond acceptors (Lipinski definition) is 4. The zero-order valence-electron chi connectivity index (χ0n) is 11.6. The predicted octanol–water partition coefficient (Wildman–Crippen LogP) is 1.67. The highest BCUT2D eigenvalue weighted by Crippen LogP contribution is 2.38. The molecule has 0 fully saturated rings. The average molecular weight is 250 g/mol. The third kappa shape index (κ3) is 2.25. The van der Waals surface area contributed by atoms with Crippen molar-refractivity contribution >= 4 is 5.69 Å². The third-order valence-corrected chi connectivity index (χ3v) is 3.70. The number of anilines is 1. The van der Waals surface area contributed by atoms with Crippen LogP contribution in [-0.2, 0) is 6.42 Å². The first-order chi connectivity index (χ1) is 8.71. The number of likely N-dealkylation sites (N-methyl/N-ethyl adjacent to an activating group) is 2. The molecule has 0 spiro atoms. The average Bonchev–Trinajstić information content (AvgIpc) is 2.41. The maximum atomic E-state index is 5.38. The van der Waals surface area contributed by atoms with Gasteiger partial charge in [0.1, 0.15) is 0 Å². The number of hydrogen-bond donors (Lipinski definition) is 1. The van der Waals surface area contributed by atoms with E-state index >= 15 is 0 Å². The molecule has 1 heterocycles. The first-order valence-corrected chi connectivity index (χ1v) is 6.33. The summed E-state index contributed by atoms with van der Waals surface area (Å²) in [7, 11) is 7.50. The first kappa shape index (κ1) is 13.0. The van der Waals surface area contributed by atoms with Gasteiger partial charge in [-0.2, -0.15) is 0 Å². The van der Waals surface area contributed by atoms with Crippen LogP contribution >= 0.6 is 0 Å². The van der Waals surface area contributed by atoms with Crippen molar-refractivity contribution in [1.29, 1.82) is 0 Å². The van der Waals surface area contributed by atoms with E-state index in [0.717, 1.165) is 24.5 Å². The summed E-state index contributed by atoms with van der Waals surface area (Å²) in [5, 5.41) is 3.25. The van der Waals surface area contributed by atoms with Crippen molar-refractivity contribution in [2.45, 2.75) is 18.9 Å². The van der Waals surface area contributed by atoms with E-state index in [4.69, 9.17) is 9.47 Å². The van der Waals surface area contributed by atoms with Crippen molar-refractivity contribution in [2.24, 2.45) is 0 Å². The molecule has 1 unspecified atom stereocenters. The summed E-state index contributed by atoms with van der Waals surface area (Å²) >= 11 is 0. The number of benzene rings is 1. The molecule has 1 atom stereocenters. The van der Waals surface area contributed by atoms with Gasteiger partial charge < -0.3 is 19.7 Å². The smallest absolute Gasteiger partial charge is 0.162 e. The Bertz CT molecular complexity index is 421. The molecule has 1 aromatic rings. The summed E-state index contributed by atoms with van der Waals surface area (Å²) in [4.78, 5) is 2.33. The standard InChI is InChI=1S/C14H22N2O2/c1-15-9-11-6-5-10-7-13(17-3)14(18-4)8-12(10)16(11)2/h7-8,11,15H,5-6,9H2,1-4H3. The third-order valence-electron chi connectivity index (χ3n) is 3.70. The summed E-state index contributed by atoms with van der Waals surface area (Å²) in [5.74, 6) is 1.62. The Labute approximate surface area is 109 Å². The molecule has 100 valence electrons. The molecular formula is C14H22N2O2. The van der Waals surface area contributed by atoms with Crippen LogP contribution < -0.4 is 19.7 Å². The number of methoxy groups -OCH3 is 2. The first-order valence-electron chi connectivity index (χ1n) is 6.33. The maximum Gasteiger partial charge on any atom is 0.162 e. The topological polar surface area (TPSA) is 33.7 Å². The second-order valence-corrected chi connectivity index (χ2v) is 4.70. The van der Waals surface area contributed by atoms with Gasteiger partial charge in [-0.25, -0.2) is 0 Å². The molecule has 4 heteroatoms. The lowest BCUT2D eigenvalue weighted by Crippen LogP contribution is -2.42. The molecule has 1 aliphatic heterocycles. The number of ether oxygens (including phenoxy) is 2. The van der Waals surface area contributed by atoms with Crippen LogP contribution in [-0.4, -0.2) is 40.9 Å². The molecule has 0 saturated heterocycles. The molecule has 1 N–H and O–H groups in total. The molecule has 0 saturated carbocycles. The number of nitrogens with one attached hydrogen (secondary N) is 1. The SMILES string of the molecule is CNCC1CCc2cc(OC)c(OC)cc2N1C. The highest BCUT2D eigenvalue weighted by molar-refractivity contribution is 5.63. The fraction of sp³-hybridized carbons (Fsp3) is 0.571. The van der Waals surface area contributed by atoms with Gasteiger partial charge in [0.2, 0.25) is 0 Å². The van der Waals surface area contributed by atoms with E-state index in [1.165, 1.54) is 17.7 Å². The van der Waals surface area contributed by atoms with Crippen LogP contribution in [0.2, 0.25) is 0 Å². The normalized spacial score (nSPS) is 18.4. The van der Waals surface area contributed by atoms with Gasteiger partial charge in [-0.1, -0.05) is 0 Å². The van der Waals surface area contributed by atoms with Crippen molar-refractivity contribution in [3.05, 3.63) is 17.7 Å². The lowest BCUT2D eigenvalue weighted by atomic mass is 9.95. The van der Waals surface area contributed by atoms with E-state index in [1.54, 1.807) is 14.2 Å². The van der Waals surface area contributed by atoms with Gasteiger partial charge in [0.15, 0.2) is 11.5 Å². The van der Waals surface area contributed by atoms with E-state index in [0.29, 0.717) is 6.04 Å². The molecule has 0 aromatic heterocycles. The van der Waals surface area contributed by atoms with Crippen LogP contribution in [0.25, 0.3) is 0 Å². The van der Waals surface area contributed by atoms with E-state index in [-0.39, 0.29) is 0 Å². The summed E-state index contributed by atoms with van der Waals surface area (Å²) in [6.07, 6.45) is 2.26. The molecule has 2 rings (SSSR count). The van der Waals surface area contributed by atoms with Crippen molar-refractivity contribution in [3.63, 3.8) is 0 Å². The van der Waals surface area contributed by atoms with Gasteiger partial charge in [0, 0.05) is 31.4 Å². The van der Waals surface area contributed by atoms with Crippen LogP contribution in [0.1, 0.15) is 12.0 Å². The van der Waals surface area contributed by atoms with E-state index in [1.807, 2.05) is 7.05 Å². The molecule has 4 nitrogen and oxygen atoms in total. The Morgan fingerprint density at radius 1 is 1.28 bits per heavy atom. The molecule has 0 radical (unpaired) electrons. The molecule has 0 amide bonds. The maximum absolute atomic E-state index is 5.38. The Morgan fingerprint density at radius 2 is 1.94 bits per heavy atom. The summed E-state index contributed by atoms with van der Waals surface area (Å²) in [6.45, 7) is 1.00. The monoisotopic (exact) mass is 250 g/mol. The molecule has 18 heavy (non-hydrogen) atoms. The zero-order valence-corrected chi connectivity index (χ0v) is 11.6. The van der Waals surface area contributed by atoms with Crippen LogP contribution in [0.15, 0.2) is 12.1 Å². The minimum atomic E-state index is 0.542. The van der Waals surface area contributed by atoms with Gasteiger partial charge in [0.05, 0.1) is 14.2 Å². The summed E-state index contributed by atoms with van der Waals surface area (Å²) in [6, 6.07) is 4.72. The fourth-order valence-electron chi connectivity index (χ4n) is 2.63. The Kier molecular flexibility index (Phi) is 3.97. The van der Waals surface area contributed by atoms with Crippen LogP contribution in [0.5, 0.6) is 11.5 Å². The number of nitrogens with zero attached hydrogens (tertiary/aromatic N) is 1. The number of fused-ring (bicyclic) bond motifs is 1. The van der Waals surface area contributed by atoms with Gasteiger partial charge >= 0.3 is 0 Å². The molecule has 0 aliphatic carbocycles. The summed E-state index contributed by atoms with van der Waals surface area (Å²) in [5.41, 5.74) is 2.58. The lowest BCUT2D eigenvalue weighted by Gasteiger charge is -2.36. The Morgan fingerprint density at radius 3 is 2.56 bits per heavy atom.